The number of nitrogens with one attached hydrogen (secondary N) is 1. The molecule has 1 aliphatic carbocycles. The topological polar surface area (TPSA) is 89.5 Å². The van der Waals surface area contributed by atoms with Gasteiger partial charge in [-0.1, -0.05) is 6.07 Å². The average molecular weight is 338 g/mol. The number of nitrogens with zero attached hydrogens (tertiary/aromatic N) is 3. The smallest absolute Gasteiger partial charge is 0.287 e. The van der Waals surface area contributed by atoms with Crippen LogP contribution in [0, 0.1) is 6.92 Å². The fourth-order valence-corrected chi connectivity index (χ4v) is 3.35. The van der Waals surface area contributed by atoms with Gasteiger partial charge in [0.2, 0.25) is 0 Å². The number of hydrogen-bond donors (Lipinski definition) is 1. The molecule has 1 amide bonds. The van der Waals surface area contributed by atoms with E-state index in [1.54, 1.807) is 6.92 Å². The van der Waals surface area contributed by atoms with Crippen molar-refractivity contribution in [3.05, 3.63) is 52.9 Å². The molecule has 7 heteroatoms. The summed E-state index contributed by atoms with van der Waals surface area (Å²) in [5, 5.41) is 11.1. The van der Waals surface area contributed by atoms with Crippen LogP contribution in [0.15, 0.2) is 28.8 Å². The van der Waals surface area contributed by atoms with Crippen molar-refractivity contribution in [1.82, 2.24) is 19.9 Å². The van der Waals surface area contributed by atoms with Gasteiger partial charge in [0.25, 0.3) is 5.91 Å². The summed E-state index contributed by atoms with van der Waals surface area (Å²) in [4.78, 5) is 24.7. The number of pyridine rings is 1. The normalized spacial score (nSPS) is 15.2. The Bertz CT molecular complexity index is 986. The van der Waals surface area contributed by atoms with Gasteiger partial charge in [-0.15, -0.1) is 10.2 Å². The van der Waals surface area contributed by atoms with E-state index in [4.69, 9.17) is 4.42 Å². The Labute approximate surface area is 144 Å². The van der Waals surface area contributed by atoms with Crippen molar-refractivity contribution in [3.63, 3.8) is 0 Å². The predicted molar refractivity (Wildman–Crippen MR) is 89.6 cm³/mol. The van der Waals surface area contributed by atoms with E-state index in [9.17, 15) is 9.59 Å². The summed E-state index contributed by atoms with van der Waals surface area (Å²) < 4.78 is 7.53. The molecule has 1 N–H and O–H groups in total. The van der Waals surface area contributed by atoms with Crippen molar-refractivity contribution in [2.45, 2.75) is 39.2 Å². The summed E-state index contributed by atoms with van der Waals surface area (Å²) in [6.45, 7) is 3.60. The first-order valence-corrected chi connectivity index (χ1v) is 8.32. The van der Waals surface area contributed by atoms with E-state index in [2.05, 4.69) is 15.5 Å². The van der Waals surface area contributed by atoms with Gasteiger partial charge in [0, 0.05) is 24.6 Å². The summed E-state index contributed by atoms with van der Waals surface area (Å²) in [5.41, 5.74) is 1.92. The zero-order valence-electron chi connectivity index (χ0n) is 14.1. The van der Waals surface area contributed by atoms with E-state index >= 15 is 0 Å². The van der Waals surface area contributed by atoms with Crippen molar-refractivity contribution in [1.29, 1.82) is 0 Å². The molecule has 0 spiro atoms. The molecule has 0 aliphatic heterocycles. The molecule has 3 aromatic rings. The van der Waals surface area contributed by atoms with Gasteiger partial charge in [-0.3, -0.25) is 14.0 Å². The molecule has 0 saturated carbocycles. The lowest BCUT2D eigenvalue weighted by molar-refractivity contribution is 0.0904. The first kappa shape index (κ1) is 15.6. The third-order valence-electron chi connectivity index (χ3n) is 4.59. The molecule has 4 rings (SSSR count). The zero-order valence-corrected chi connectivity index (χ0v) is 14.1. The highest BCUT2D eigenvalue weighted by molar-refractivity contribution is 6.03. The van der Waals surface area contributed by atoms with Crippen molar-refractivity contribution in [3.8, 4) is 0 Å². The highest BCUT2D eigenvalue weighted by Gasteiger charge is 2.29. The molecule has 128 valence electrons. The van der Waals surface area contributed by atoms with Crippen LogP contribution in [0.25, 0.3) is 5.65 Å². The quantitative estimate of drug-likeness (QED) is 0.793. The Hall–Kier alpha value is -2.96. The van der Waals surface area contributed by atoms with Gasteiger partial charge in [0.1, 0.15) is 5.76 Å². The minimum absolute atomic E-state index is 0.0537. The molecule has 1 aliphatic rings. The van der Waals surface area contributed by atoms with Gasteiger partial charge in [-0.05, 0) is 32.4 Å². The predicted octanol–water partition coefficient (Wildman–Crippen LogP) is 2.64. The van der Waals surface area contributed by atoms with Crippen molar-refractivity contribution < 1.29 is 14.0 Å². The van der Waals surface area contributed by atoms with Crippen LogP contribution in [0.1, 0.15) is 63.9 Å². The largest absolute Gasteiger partial charge is 0.455 e. The number of fused-ring (bicyclic) bond motifs is 2. The number of rotatable bonds is 3. The number of furan rings is 1. The Balaban J connectivity index is 1.61. The van der Waals surface area contributed by atoms with E-state index in [1.807, 2.05) is 35.7 Å². The molecule has 0 radical (unpaired) electrons. The lowest BCUT2D eigenvalue weighted by Crippen LogP contribution is -2.28. The third-order valence-corrected chi connectivity index (χ3v) is 4.59. The van der Waals surface area contributed by atoms with Crippen molar-refractivity contribution >= 4 is 17.3 Å². The summed E-state index contributed by atoms with van der Waals surface area (Å²) in [6.07, 6.45) is 3.82. The van der Waals surface area contributed by atoms with Gasteiger partial charge in [0.15, 0.2) is 23.0 Å². The van der Waals surface area contributed by atoms with Crippen LogP contribution in [0.5, 0.6) is 0 Å². The van der Waals surface area contributed by atoms with Gasteiger partial charge in [-0.25, -0.2) is 0 Å². The van der Waals surface area contributed by atoms with Crippen LogP contribution >= 0.6 is 0 Å². The molecule has 3 heterocycles. The minimum Gasteiger partial charge on any atom is -0.455 e. The maximum atomic E-state index is 12.7. The summed E-state index contributed by atoms with van der Waals surface area (Å²) in [7, 11) is 0. The Morgan fingerprint density at radius 3 is 2.96 bits per heavy atom. The second kappa shape index (κ2) is 5.84. The van der Waals surface area contributed by atoms with Crippen LogP contribution in [-0.4, -0.2) is 26.3 Å². The van der Waals surface area contributed by atoms with Crippen molar-refractivity contribution in [2.75, 3.05) is 0 Å². The number of hydrogen-bond acceptors (Lipinski definition) is 5. The van der Waals surface area contributed by atoms with Crippen LogP contribution in [0.3, 0.4) is 0 Å². The Morgan fingerprint density at radius 1 is 1.32 bits per heavy atom. The monoisotopic (exact) mass is 338 g/mol. The molecule has 0 bridgehead atoms. The number of Topliss-reactive ketones (excluding diaryl/α,β-unsaturated/α-hetero) is 1. The molecule has 0 saturated heterocycles. The summed E-state index contributed by atoms with van der Waals surface area (Å²) in [5.74, 6) is 1.17. The molecule has 0 fully saturated rings. The van der Waals surface area contributed by atoms with Gasteiger partial charge >= 0.3 is 0 Å². The van der Waals surface area contributed by atoms with Gasteiger partial charge < -0.3 is 9.73 Å². The van der Waals surface area contributed by atoms with E-state index in [1.165, 1.54) is 0 Å². The Kier molecular flexibility index (Phi) is 3.63. The molecule has 7 nitrogen and oxygen atoms in total. The molecule has 1 atom stereocenters. The van der Waals surface area contributed by atoms with Crippen LogP contribution in [0.4, 0.5) is 0 Å². The standard InChI is InChI=1S/C18H18N4O3/c1-10-15-12(23)6-5-7-13(15)25-16(10)18(24)19-11(2)17-21-20-14-8-3-4-9-22(14)17/h3-4,8-9,11H,5-7H2,1-2H3,(H,19,24)/t11-/m0/s1. The highest BCUT2D eigenvalue weighted by Crippen LogP contribution is 2.29. The van der Waals surface area contributed by atoms with Crippen LogP contribution < -0.4 is 5.32 Å². The van der Waals surface area contributed by atoms with E-state index < -0.39 is 0 Å². The third kappa shape index (κ3) is 2.52. The number of amides is 1. The number of aromatic nitrogens is 3. The number of aryl methyl sites for hydroxylation is 1. The number of ketones is 1. The fourth-order valence-electron chi connectivity index (χ4n) is 3.35. The average Bonchev–Trinajstić information content (AvgIpc) is 3.17. The number of carbonyl (C=O) groups is 2. The molecule has 3 aromatic heterocycles. The fraction of sp³-hybridized carbons (Fsp3) is 0.333. The van der Waals surface area contributed by atoms with E-state index in [0.29, 0.717) is 41.2 Å². The SMILES string of the molecule is Cc1c(C(=O)N[C@@H](C)c2nnc3ccccn23)oc2c1C(=O)CCC2. The second-order valence-electron chi connectivity index (χ2n) is 6.31. The summed E-state index contributed by atoms with van der Waals surface area (Å²) >= 11 is 0. The first-order valence-electron chi connectivity index (χ1n) is 8.32. The first-order chi connectivity index (χ1) is 12.1. The molecule has 0 unspecified atom stereocenters. The Morgan fingerprint density at radius 2 is 2.16 bits per heavy atom. The second-order valence-corrected chi connectivity index (χ2v) is 6.31. The molecule has 25 heavy (non-hydrogen) atoms. The van der Waals surface area contributed by atoms with Crippen molar-refractivity contribution in [2.24, 2.45) is 0 Å². The molecular weight excluding hydrogens is 320 g/mol. The lowest BCUT2D eigenvalue weighted by Gasteiger charge is -2.11. The van der Waals surface area contributed by atoms with E-state index in [0.717, 1.165) is 6.42 Å². The zero-order chi connectivity index (χ0) is 17.6. The number of carbonyl (C=O) groups excluding carboxylic acids is 2. The van der Waals surface area contributed by atoms with Crippen LogP contribution in [0.2, 0.25) is 0 Å². The van der Waals surface area contributed by atoms with Gasteiger partial charge in [0.05, 0.1) is 11.6 Å². The molecule has 0 aromatic carbocycles. The lowest BCUT2D eigenvalue weighted by atomic mass is 9.94. The molecular formula is C18H18N4O3. The highest BCUT2D eigenvalue weighted by atomic mass is 16.4. The van der Waals surface area contributed by atoms with Crippen LogP contribution in [-0.2, 0) is 6.42 Å². The van der Waals surface area contributed by atoms with Gasteiger partial charge in [-0.2, -0.15) is 0 Å². The maximum Gasteiger partial charge on any atom is 0.287 e. The maximum absolute atomic E-state index is 12.7. The van der Waals surface area contributed by atoms with E-state index in [-0.39, 0.29) is 23.5 Å². The minimum atomic E-state index is -0.359. The summed E-state index contributed by atoms with van der Waals surface area (Å²) in [6, 6.07) is 5.25.